The lowest BCUT2D eigenvalue weighted by molar-refractivity contribution is -0.113. The number of amides is 1. The van der Waals surface area contributed by atoms with Crippen molar-refractivity contribution in [1.29, 1.82) is 0 Å². The molecule has 1 heterocycles. The summed E-state index contributed by atoms with van der Waals surface area (Å²) >= 11 is 0. The van der Waals surface area contributed by atoms with Gasteiger partial charge >= 0.3 is 0 Å². The Hall–Kier alpha value is -1.47. The highest BCUT2D eigenvalue weighted by atomic mass is 32.2. The molecule has 0 aromatic heterocycles. The van der Waals surface area contributed by atoms with E-state index in [1.807, 2.05) is 0 Å². The number of rotatable bonds is 5. The van der Waals surface area contributed by atoms with E-state index in [0.717, 1.165) is 18.9 Å². The molecular weight excluding hydrogens is 283 g/mol. The Balaban J connectivity index is 1.83. The van der Waals surface area contributed by atoms with E-state index in [1.165, 1.54) is 12.1 Å². The first kappa shape index (κ1) is 14.9. The molecule has 1 fully saturated rings. The molecular formula is C13H17FN2O3S. The Bertz CT molecular complexity index is 518. The quantitative estimate of drug-likeness (QED) is 0.803. The molecule has 0 bridgehead atoms. The smallest absolute Gasteiger partial charge is 0.237 e. The highest BCUT2D eigenvalue weighted by Gasteiger charge is 2.20. The maximum atomic E-state index is 12.9. The van der Waals surface area contributed by atoms with Gasteiger partial charge in [-0.1, -0.05) is 0 Å². The second-order valence-corrected chi connectivity index (χ2v) is 6.17. The topological polar surface area (TPSA) is 81.4 Å². The molecule has 1 saturated heterocycles. The van der Waals surface area contributed by atoms with Crippen LogP contribution in [0.15, 0.2) is 18.2 Å². The van der Waals surface area contributed by atoms with Gasteiger partial charge in [0, 0.05) is 17.4 Å². The van der Waals surface area contributed by atoms with E-state index >= 15 is 0 Å². The first-order valence-corrected chi connectivity index (χ1v) is 7.85. The van der Waals surface area contributed by atoms with Gasteiger partial charge in [0.1, 0.15) is 11.6 Å². The molecule has 1 aliphatic heterocycles. The molecule has 0 saturated carbocycles. The molecule has 3 N–H and O–H groups in total. The Labute approximate surface area is 119 Å². The molecule has 110 valence electrons. The van der Waals surface area contributed by atoms with Crippen LogP contribution >= 0.6 is 0 Å². The van der Waals surface area contributed by atoms with Crippen molar-refractivity contribution in [3.63, 3.8) is 0 Å². The molecule has 20 heavy (non-hydrogen) atoms. The van der Waals surface area contributed by atoms with E-state index in [-0.39, 0.29) is 17.5 Å². The summed E-state index contributed by atoms with van der Waals surface area (Å²) in [6.45, 7) is 0.695. The number of hydrogen-bond acceptors (Lipinski definition) is 4. The predicted molar refractivity (Wildman–Crippen MR) is 76.3 cm³/mol. The van der Waals surface area contributed by atoms with E-state index in [2.05, 4.69) is 5.32 Å². The van der Waals surface area contributed by atoms with Crippen LogP contribution in [0.4, 0.5) is 15.8 Å². The zero-order valence-corrected chi connectivity index (χ0v) is 11.7. The predicted octanol–water partition coefficient (Wildman–Crippen LogP) is 1.27. The lowest BCUT2D eigenvalue weighted by Crippen LogP contribution is -2.25. The third-order valence-corrected chi connectivity index (χ3v) is 4.30. The van der Waals surface area contributed by atoms with Gasteiger partial charge in [-0.25, -0.2) is 4.39 Å². The summed E-state index contributed by atoms with van der Waals surface area (Å²) in [5.74, 6) is -0.620. The van der Waals surface area contributed by atoms with Crippen LogP contribution in [0.2, 0.25) is 0 Å². The summed E-state index contributed by atoms with van der Waals surface area (Å²) in [6.07, 6.45) is 1.85. The van der Waals surface area contributed by atoms with Crippen molar-refractivity contribution in [2.45, 2.75) is 18.9 Å². The van der Waals surface area contributed by atoms with E-state index in [0.29, 0.717) is 18.0 Å². The van der Waals surface area contributed by atoms with Crippen LogP contribution in [0, 0.1) is 5.82 Å². The number of ether oxygens (including phenoxy) is 1. The fourth-order valence-corrected chi connectivity index (χ4v) is 3.18. The summed E-state index contributed by atoms with van der Waals surface area (Å²) in [7, 11) is -1.28. The van der Waals surface area contributed by atoms with Crippen LogP contribution in [0.25, 0.3) is 0 Å². The molecule has 2 atom stereocenters. The number of halogens is 1. The number of nitrogen functional groups attached to an aromatic ring is 1. The number of carbonyl (C=O) groups is 1. The van der Waals surface area contributed by atoms with Crippen molar-refractivity contribution in [2.24, 2.45) is 0 Å². The number of nitrogens with one attached hydrogen (secondary N) is 1. The lowest BCUT2D eigenvalue weighted by atomic mass is 10.2. The normalized spacial score (nSPS) is 19.8. The largest absolute Gasteiger partial charge is 0.397 e. The molecule has 2 rings (SSSR count). The number of hydrogen-bond donors (Lipinski definition) is 2. The number of benzene rings is 1. The summed E-state index contributed by atoms with van der Waals surface area (Å²) in [5, 5.41) is 2.53. The summed E-state index contributed by atoms with van der Waals surface area (Å²) in [4.78, 5) is 11.7. The molecule has 0 aliphatic carbocycles. The Kier molecular flexibility index (Phi) is 5.08. The zero-order chi connectivity index (χ0) is 14.5. The molecule has 0 radical (unpaired) electrons. The summed E-state index contributed by atoms with van der Waals surface area (Å²) < 4.78 is 30.1. The molecule has 1 aromatic carbocycles. The fourth-order valence-electron chi connectivity index (χ4n) is 2.02. The van der Waals surface area contributed by atoms with Gasteiger partial charge < -0.3 is 15.8 Å². The van der Waals surface area contributed by atoms with Crippen LogP contribution in [0.5, 0.6) is 0 Å². The van der Waals surface area contributed by atoms with Crippen molar-refractivity contribution in [3.8, 4) is 0 Å². The second-order valence-electron chi connectivity index (χ2n) is 4.67. The standard InChI is InChI=1S/C13H17FN2O3S/c14-9-3-4-12(11(15)6-9)16-13(17)8-20(18)7-10-2-1-5-19-10/h3-4,6,10H,1-2,5,7-8,15H2,(H,16,17). The van der Waals surface area contributed by atoms with Gasteiger partial charge in [0.15, 0.2) is 0 Å². The monoisotopic (exact) mass is 300 g/mol. The fraction of sp³-hybridized carbons (Fsp3) is 0.462. The van der Waals surface area contributed by atoms with Crippen LogP contribution < -0.4 is 11.1 Å². The second kappa shape index (κ2) is 6.81. The Morgan fingerprint density at radius 1 is 1.55 bits per heavy atom. The van der Waals surface area contributed by atoms with Crippen LogP contribution in [0.3, 0.4) is 0 Å². The van der Waals surface area contributed by atoms with Crippen LogP contribution in [-0.4, -0.2) is 34.3 Å². The molecule has 1 amide bonds. The average Bonchev–Trinajstić information content (AvgIpc) is 2.85. The molecule has 1 aromatic rings. The summed E-state index contributed by atoms with van der Waals surface area (Å²) in [6, 6.07) is 3.71. The minimum atomic E-state index is -1.28. The van der Waals surface area contributed by atoms with Crippen molar-refractivity contribution >= 4 is 28.1 Å². The van der Waals surface area contributed by atoms with Crippen LogP contribution in [0.1, 0.15) is 12.8 Å². The molecule has 5 nitrogen and oxygen atoms in total. The van der Waals surface area contributed by atoms with E-state index in [1.54, 1.807) is 0 Å². The van der Waals surface area contributed by atoms with Crippen molar-refractivity contribution in [1.82, 2.24) is 0 Å². The minimum Gasteiger partial charge on any atom is -0.397 e. The maximum Gasteiger partial charge on any atom is 0.237 e. The van der Waals surface area contributed by atoms with Crippen LogP contribution in [-0.2, 0) is 20.3 Å². The van der Waals surface area contributed by atoms with Crippen molar-refractivity contribution in [2.75, 3.05) is 29.2 Å². The van der Waals surface area contributed by atoms with Gasteiger partial charge in [-0.3, -0.25) is 9.00 Å². The highest BCUT2D eigenvalue weighted by molar-refractivity contribution is 7.85. The Morgan fingerprint density at radius 2 is 2.35 bits per heavy atom. The first-order valence-electron chi connectivity index (χ1n) is 6.36. The van der Waals surface area contributed by atoms with Gasteiger partial charge in [-0.05, 0) is 31.0 Å². The van der Waals surface area contributed by atoms with Gasteiger partial charge in [-0.15, -0.1) is 0 Å². The third kappa shape index (κ3) is 4.28. The van der Waals surface area contributed by atoms with Crippen molar-refractivity contribution in [3.05, 3.63) is 24.0 Å². The Morgan fingerprint density at radius 3 is 3.00 bits per heavy atom. The SMILES string of the molecule is Nc1cc(F)ccc1NC(=O)CS(=O)CC1CCCO1. The lowest BCUT2D eigenvalue weighted by Gasteiger charge is -2.10. The van der Waals surface area contributed by atoms with Gasteiger partial charge in [0.25, 0.3) is 0 Å². The first-order chi connectivity index (χ1) is 9.54. The van der Waals surface area contributed by atoms with Crippen molar-refractivity contribution < 1.29 is 18.1 Å². The molecule has 7 heteroatoms. The van der Waals surface area contributed by atoms with E-state index in [4.69, 9.17) is 10.5 Å². The summed E-state index contributed by atoms with van der Waals surface area (Å²) in [5.41, 5.74) is 6.05. The highest BCUT2D eigenvalue weighted by Crippen LogP contribution is 2.19. The number of carbonyl (C=O) groups excluding carboxylic acids is 1. The third-order valence-electron chi connectivity index (χ3n) is 2.98. The van der Waals surface area contributed by atoms with Gasteiger partial charge in [-0.2, -0.15) is 0 Å². The molecule has 1 aliphatic rings. The average molecular weight is 300 g/mol. The maximum absolute atomic E-state index is 12.9. The molecule has 2 unspecified atom stereocenters. The number of nitrogens with two attached hydrogens (primary N) is 1. The van der Waals surface area contributed by atoms with E-state index < -0.39 is 22.5 Å². The van der Waals surface area contributed by atoms with E-state index in [9.17, 15) is 13.4 Å². The van der Waals surface area contributed by atoms with Gasteiger partial charge in [0.05, 0.1) is 23.2 Å². The van der Waals surface area contributed by atoms with Gasteiger partial charge in [0.2, 0.25) is 5.91 Å². The molecule has 0 spiro atoms. The number of anilines is 2. The minimum absolute atomic E-state index is 0.0143. The zero-order valence-electron chi connectivity index (χ0n) is 10.9.